The highest BCUT2D eigenvalue weighted by molar-refractivity contribution is 6.00. The molecular weight excluding hydrogens is 404 g/mol. The quantitative estimate of drug-likeness (QED) is 0.550. The molecule has 1 saturated carbocycles. The van der Waals surface area contributed by atoms with Crippen molar-refractivity contribution in [3.05, 3.63) is 53.6 Å². The van der Waals surface area contributed by atoms with E-state index in [1.165, 1.54) is 11.1 Å². The maximum atomic E-state index is 13.3. The molecule has 1 aromatic carbocycles. The van der Waals surface area contributed by atoms with E-state index < -0.39 is 6.04 Å². The Balaban J connectivity index is 1.50. The lowest BCUT2D eigenvalue weighted by Crippen LogP contribution is -2.49. The molecule has 0 unspecified atom stereocenters. The number of hydrogen-bond acceptors (Lipinski definition) is 4. The molecule has 0 spiro atoms. The number of nitrogens with one attached hydrogen (secondary N) is 3. The molecule has 3 aromatic rings. The number of amides is 2. The van der Waals surface area contributed by atoms with Gasteiger partial charge in [-0.05, 0) is 56.4 Å². The molecule has 0 aliphatic heterocycles. The van der Waals surface area contributed by atoms with Gasteiger partial charge in [-0.1, -0.05) is 31.4 Å². The van der Waals surface area contributed by atoms with Gasteiger partial charge in [-0.15, -0.1) is 0 Å². The van der Waals surface area contributed by atoms with Gasteiger partial charge in [0, 0.05) is 30.2 Å². The highest BCUT2D eigenvalue weighted by Gasteiger charge is 2.31. The molecular formula is C24H30N6O2. The number of rotatable bonds is 6. The zero-order chi connectivity index (χ0) is 22.7. The summed E-state index contributed by atoms with van der Waals surface area (Å²) in [5, 5.41) is 17.3. The molecule has 4 rings (SSSR count). The fourth-order valence-electron chi connectivity index (χ4n) is 4.59. The Labute approximate surface area is 187 Å². The van der Waals surface area contributed by atoms with Crippen molar-refractivity contribution in [2.24, 2.45) is 13.0 Å². The maximum absolute atomic E-state index is 13.3. The van der Waals surface area contributed by atoms with Gasteiger partial charge in [0.25, 0.3) is 5.91 Å². The Morgan fingerprint density at radius 2 is 1.81 bits per heavy atom. The first-order chi connectivity index (χ1) is 15.4. The van der Waals surface area contributed by atoms with E-state index in [1.807, 2.05) is 38.1 Å². The van der Waals surface area contributed by atoms with Crippen LogP contribution in [0.2, 0.25) is 0 Å². The minimum Gasteiger partial charge on any atom is -0.339 e. The molecule has 0 bridgehead atoms. The van der Waals surface area contributed by atoms with Crippen LogP contribution in [0.3, 0.4) is 0 Å². The zero-order valence-electron chi connectivity index (χ0n) is 18.8. The second-order valence-electron chi connectivity index (χ2n) is 8.56. The lowest BCUT2D eigenvalue weighted by Gasteiger charge is -2.30. The SMILES string of the molecule is Cc1n[nH]c(C)c1-c1ccc(NC(=O)[C@@H](NC(=O)c2ccnn2C)C2CCCCC2)cc1. The fraction of sp³-hybridized carbons (Fsp3) is 0.417. The second-order valence-corrected chi connectivity index (χ2v) is 8.56. The lowest BCUT2D eigenvalue weighted by molar-refractivity contribution is -0.119. The summed E-state index contributed by atoms with van der Waals surface area (Å²) in [4.78, 5) is 26.1. The smallest absolute Gasteiger partial charge is 0.270 e. The van der Waals surface area contributed by atoms with E-state index in [0.717, 1.165) is 48.2 Å². The topological polar surface area (TPSA) is 105 Å². The minimum absolute atomic E-state index is 0.122. The van der Waals surface area contributed by atoms with E-state index in [0.29, 0.717) is 11.4 Å². The molecule has 168 valence electrons. The number of benzene rings is 1. The van der Waals surface area contributed by atoms with Crippen molar-refractivity contribution < 1.29 is 9.59 Å². The van der Waals surface area contributed by atoms with E-state index in [4.69, 9.17) is 0 Å². The average Bonchev–Trinajstić information content (AvgIpc) is 3.37. The summed E-state index contributed by atoms with van der Waals surface area (Å²) in [7, 11) is 1.72. The number of anilines is 1. The van der Waals surface area contributed by atoms with Gasteiger partial charge in [-0.2, -0.15) is 10.2 Å². The number of hydrogen-bond donors (Lipinski definition) is 3. The molecule has 0 saturated heterocycles. The van der Waals surface area contributed by atoms with Gasteiger partial charge in [-0.3, -0.25) is 19.4 Å². The van der Waals surface area contributed by atoms with E-state index in [2.05, 4.69) is 25.9 Å². The molecule has 1 fully saturated rings. The summed E-state index contributed by atoms with van der Waals surface area (Å²) >= 11 is 0. The van der Waals surface area contributed by atoms with Crippen LogP contribution in [-0.2, 0) is 11.8 Å². The van der Waals surface area contributed by atoms with Crippen molar-refractivity contribution in [3.8, 4) is 11.1 Å². The number of H-pyrrole nitrogens is 1. The van der Waals surface area contributed by atoms with Crippen LogP contribution >= 0.6 is 0 Å². The summed E-state index contributed by atoms with van der Waals surface area (Å²) in [6.45, 7) is 3.96. The minimum atomic E-state index is -0.587. The molecule has 0 radical (unpaired) electrons. The van der Waals surface area contributed by atoms with E-state index >= 15 is 0 Å². The third-order valence-corrected chi connectivity index (χ3v) is 6.31. The first kappa shape index (κ1) is 21.8. The van der Waals surface area contributed by atoms with Crippen LogP contribution in [0.1, 0.15) is 54.0 Å². The van der Waals surface area contributed by atoms with Crippen molar-refractivity contribution in [2.75, 3.05) is 5.32 Å². The largest absolute Gasteiger partial charge is 0.339 e. The Morgan fingerprint density at radius 3 is 2.41 bits per heavy atom. The third-order valence-electron chi connectivity index (χ3n) is 6.31. The fourth-order valence-corrected chi connectivity index (χ4v) is 4.59. The third kappa shape index (κ3) is 4.59. The Morgan fingerprint density at radius 1 is 1.09 bits per heavy atom. The Bertz CT molecular complexity index is 1070. The van der Waals surface area contributed by atoms with Gasteiger partial charge in [0.15, 0.2) is 0 Å². The number of aromatic nitrogens is 4. The van der Waals surface area contributed by atoms with Crippen LogP contribution in [0.15, 0.2) is 36.5 Å². The summed E-state index contributed by atoms with van der Waals surface area (Å²) < 4.78 is 1.52. The van der Waals surface area contributed by atoms with Gasteiger partial charge < -0.3 is 10.6 Å². The Kier molecular flexibility index (Phi) is 6.39. The highest BCUT2D eigenvalue weighted by Crippen LogP contribution is 2.29. The van der Waals surface area contributed by atoms with Gasteiger partial charge >= 0.3 is 0 Å². The molecule has 8 nitrogen and oxygen atoms in total. The van der Waals surface area contributed by atoms with Crippen molar-refractivity contribution in [1.82, 2.24) is 25.3 Å². The first-order valence-electron chi connectivity index (χ1n) is 11.2. The number of aryl methyl sites for hydroxylation is 3. The highest BCUT2D eigenvalue weighted by atomic mass is 16.2. The number of carbonyl (C=O) groups excluding carboxylic acids is 2. The van der Waals surface area contributed by atoms with Gasteiger partial charge in [0.1, 0.15) is 11.7 Å². The van der Waals surface area contributed by atoms with Gasteiger partial charge in [-0.25, -0.2) is 0 Å². The summed E-state index contributed by atoms with van der Waals surface area (Å²) in [5.41, 5.74) is 5.21. The molecule has 32 heavy (non-hydrogen) atoms. The average molecular weight is 435 g/mol. The normalized spacial score (nSPS) is 15.3. The molecule has 3 N–H and O–H groups in total. The van der Waals surface area contributed by atoms with Crippen molar-refractivity contribution in [1.29, 1.82) is 0 Å². The van der Waals surface area contributed by atoms with Gasteiger partial charge in [0.2, 0.25) is 5.91 Å². The van der Waals surface area contributed by atoms with E-state index in [-0.39, 0.29) is 17.7 Å². The number of carbonyl (C=O) groups is 2. The maximum Gasteiger partial charge on any atom is 0.270 e. The Hall–Kier alpha value is -3.42. The predicted molar refractivity (Wildman–Crippen MR) is 123 cm³/mol. The van der Waals surface area contributed by atoms with Crippen LogP contribution in [0.25, 0.3) is 11.1 Å². The second kappa shape index (κ2) is 9.38. The first-order valence-corrected chi connectivity index (χ1v) is 11.2. The molecule has 8 heteroatoms. The zero-order valence-corrected chi connectivity index (χ0v) is 18.8. The van der Waals surface area contributed by atoms with E-state index in [1.54, 1.807) is 19.3 Å². The van der Waals surface area contributed by atoms with Crippen molar-refractivity contribution in [2.45, 2.75) is 52.0 Å². The molecule has 1 aliphatic rings. The summed E-state index contributed by atoms with van der Waals surface area (Å²) in [5.74, 6) is -0.343. The van der Waals surface area contributed by atoms with Crippen LogP contribution in [-0.4, -0.2) is 37.8 Å². The summed E-state index contributed by atoms with van der Waals surface area (Å²) in [6.07, 6.45) is 6.77. The van der Waals surface area contributed by atoms with Crippen molar-refractivity contribution >= 4 is 17.5 Å². The van der Waals surface area contributed by atoms with Crippen LogP contribution in [0.5, 0.6) is 0 Å². The monoisotopic (exact) mass is 434 g/mol. The van der Waals surface area contributed by atoms with Gasteiger partial charge in [0.05, 0.1) is 5.69 Å². The number of aromatic amines is 1. The molecule has 1 atom stereocenters. The van der Waals surface area contributed by atoms with Crippen LogP contribution in [0.4, 0.5) is 5.69 Å². The number of nitrogens with zero attached hydrogens (tertiary/aromatic N) is 3. The molecule has 2 heterocycles. The van der Waals surface area contributed by atoms with Crippen molar-refractivity contribution in [3.63, 3.8) is 0 Å². The molecule has 2 aromatic heterocycles. The van der Waals surface area contributed by atoms with Crippen LogP contribution < -0.4 is 10.6 Å². The summed E-state index contributed by atoms with van der Waals surface area (Å²) in [6, 6.07) is 8.80. The lowest BCUT2D eigenvalue weighted by atomic mass is 9.83. The molecule has 1 aliphatic carbocycles. The van der Waals surface area contributed by atoms with Crippen LogP contribution in [0, 0.1) is 19.8 Å². The van der Waals surface area contributed by atoms with E-state index in [9.17, 15) is 9.59 Å². The predicted octanol–water partition coefficient (Wildman–Crippen LogP) is 3.74. The molecule has 2 amide bonds. The standard InChI is InChI=1S/C24H30N6O2/c1-15-21(16(2)29-28-15)17-9-11-19(12-10-17)26-24(32)22(18-7-5-4-6-8-18)27-23(31)20-13-14-25-30(20)3/h9-14,18,22H,4-8H2,1-3H3,(H,26,32)(H,27,31)(H,28,29)/t22-/m0/s1.